The molecule has 3 aromatic rings. The molecule has 33 heavy (non-hydrogen) atoms. The van der Waals surface area contributed by atoms with Crippen molar-refractivity contribution in [3.63, 3.8) is 0 Å². The Bertz CT molecular complexity index is 1230. The van der Waals surface area contributed by atoms with Crippen LogP contribution in [0.5, 0.6) is 5.75 Å². The van der Waals surface area contributed by atoms with Crippen LogP contribution in [0.4, 0.5) is 0 Å². The van der Waals surface area contributed by atoms with Gasteiger partial charge in [-0.25, -0.2) is 4.79 Å². The summed E-state index contributed by atoms with van der Waals surface area (Å²) < 4.78 is 11.9. The minimum atomic E-state index is -1.13. The van der Waals surface area contributed by atoms with Gasteiger partial charge >= 0.3 is 5.97 Å². The van der Waals surface area contributed by atoms with Gasteiger partial charge in [-0.3, -0.25) is 4.98 Å². The molecule has 1 N–H and O–H groups in total. The van der Waals surface area contributed by atoms with Crippen molar-refractivity contribution in [1.29, 1.82) is 0 Å². The minimum absolute atomic E-state index is 0.620. The molecular formula is C27H32BNO4. The zero-order chi connectivity index (χ0) is 23.9. The molecule has 0 unspecified atom stereocenters. The Hall–Kier alpha value is -2.86. The van der Waals surface area contributed by atoms with Gasteiger partial charge in [0.1, 0.15) is 13.6 Å². The number of aliphatic carboxylic acids is 1. The second-order valence-electron chi connectivity index (χ2n) is 9.88. The van der Waals surface area contributed by atoms with E-state index in [-0.39, 0.29) is 0 Å². The number of carbonyl (C=O) groups is 1. The summed E-state index contributed by atoms with van der Waals surface area (Å²) in [7, 11) is 2.07. The smallest absolute Gasteiger partial charge is 0.337 e. The zero-order valence-corrected chi connectivity index (χ0v) is 20.4. The lowest BCUT2D eigenvalue weighted by atomic mass is 9.85. The van der Waals surface area contributed by atoms with Crippen molar-refractivity contribution in [2.45, 2.75) is 65.6 Å². The quantitative estimate of drug-likeness (QED) is 0.594. The van der Waals surface area contributed by atoms with Crippen LogP contribution in [0.3, 0.4) is 0 Å². The first-order valence-corrected chi connectivity index (χ1v) is 11.7. The number of hydrogen-bond acceptors (Lipinski definition) is 4. The van der Waals surface area contributed by atoms with Crippen molar-refractivity contribution in [3.8, 4) is 16.9 Å². The molecule has 1 aliphatic rings. The van der Waals surface area contributed by atoms with Crippen molar-refractivity contribution in [2.24, 2.45) is 0 Å². The average Bonchev–Trinajstić information content (AvgIpc) is 2.75. The Morgan fingerprint density at radius 1 is 1.27 bits per heavy atom. The number of carboxylic acids is 1. The van der Waals surface area contributed by atoms with E-state index in [0.717, 1.165) is 70.2 Å². The van der Waals surface area contributed by atoms with Crippen LogP contribution in [0.2, 0.25) is 0 Å². The summed E-state index contributed by atoms with van der Waals surface area (Å²) in [5.41, 5.74) is 6.89. The molecule has 0 amide bonds. The number of pyridine rings is 1. The fourth-order valence-electron chi connectivity index (χ4n) is 4.73. The number of nitrogens with zero attached hydrogens (tertiary/aromatic N) is 1. The predicted molar refractivity (Wildman–Crippen MR) is 135 cm³/mol. The standard InChI is InChI=1S/C27H32BNO4/c1-6-16-13-19(28)14-20-23(18-9-10-21-17(12-18)8-7-11-32-21)22(15(2)29-24(16)20)25(26(30)31)33-27(3,4)5/h9-10,12-14,25H,6-8,11,28H2,1-5H3,(H,30,31)/t25-/m0/s1. The van der Waals surface area contributed by atoms with Gasteiger partial charge < -0.3 is 14.6 Å². The van der Waals surface area contributed by atoms with Crippen molar-refractivity contribution in [2.75, 3.05) is 6.61 Å². The van der Waals surface area contributed by atoms with Crippen LogP contribution in [-0.4, -0.2) is 36.1 Å². The maximum Gasteiger partial charge on any atom is 0.337 e. The highest BCUT2D eigenvalue weighted by molar-refractivity contribution is 6.33. The molecule has 0 saturated heterocycles. The van der Waals surface area contributed by atoms with Crippen LogP contribution in [0.1, 0.15) is 62.6 Å². The van der Waals surface area contributed by atoms with E-state index in [0.29, 0.717) is 11.3 Å². The maximum absolute atomic E-state index is 12.5. The van der Waals surface area contributed by atoms with Gasteiger partial charge in [0.05, 0.1) is 17.7 Å². The highest BCUT2D eigenvalue weighted by Crippen LogP contribution is 2.41. The first-order valence-electron chi connectivity index (χ1n) is 11.7. The second kappa shape index (κ2) is 8.83. The first kappa shape index (κ1) is 23.3. The third kappa shape index (κ3) is 4.62. The van der Waals surface area contributed by atoms with Gasteiger partial charge in [0, 0.05) is 16.6 Å². The number of aromatic nitrogens is 1. The highest BCUT2D eigenvalue weighted by atomic mass is 16.5. The minimum Gasteiger partial charge on any atom is -0.493 e. The number of benzene rings is 2. The van der Waals surface area contributed by atoms with Crippen LogP contribution in [0.25, 0.3) is 22.0 Å². The molecule has 0 fully saturated rings. The van der Waals surface area contributed by atoms with E-state index in [2.05, 4.69) is 33.0 Å². The summed E-state index contributed by atoms with van der Waals surface area (Å²) in [6.45, 7) is 10.4. The van der Waals surface area contributed by atoms with E-state index >= 15 is 0 Å². The highest BCUT2D eigenvalue weighted by Gasteiger charge is 2.32. The van der Waals surface area contributed by atoms with Gasteiger partial charge in [-0.15, -0.1) is 0 Å². The number of aryl methyl sites for hydroxylation is 3. The molecule has 1 aromatic heterocycles. The Morgan fingerprint density at radius 3 is 2.70 bits per heavy atom. The molecule has 0 radical (unpaired) electrons. The van der Waals surface area contributed by atoms with E-state index < -0.39 is 17.7 Å². The first-order chi connectivity index (χ1) is 15.6. The van der Waals surface area contributed by atoms with Gasteiger partial charge in [-0.2, -0.15) is 0 Å². The molecular weight excluding hydrogens is 413 g/mol. The van der Waals surface area contributed by atoms with Crippen LogP contribution >= 0.6 is 0 Å². The summed E-state index contributed by atoms with van der Waals surface area (Å²) >= 11 is 0. The van der Waals surface area contributed by atoms with Crippen LogP contribution in [0, 0.1) is 6.92 Å². The third-order valence-corrected chi connectivity index (χ3v) is 6.08. The molecule has 2 aromatic carbocycles. The third-order valence-electron chi connectivity index (χ3n) is 6.08. The van der Waals surface area contributed by atoms with Crippen molar-refractivity contribution >= 4 is 30.2 Å². The number of carboxylic acid groups (broad SMARTS) is 1. The Balaban J connectivity index is 2.09. The lowest BCUT2D eigenvalue weighted by Gasteiger charge is -2.28. The lowest BCUT2D eigenvalue weighted by molar-refractivity contribution is -0.160. The van der Waals surface area contributed by atoms with Crippen LogP contribution in [0.15, 0.2) is 30.3 Å². The van der Waals surface area contributed by atoms with E-state index in [1.165, 1.54) is 0 Å². The molecule has 0 saturated carbocycles. The average molecular weight is 445 g/mol. The molecule has 4 rings (SSSR count). The molecule has 1 atom stereocenters. The van der Waals surface area contributed by atoms with Gasteiger partial charge in [0.25, 0.3) is 0 Å². The molecule has 1 aliphatic heterocycles. The Kier molecular flexibility index (Phi) is 6.23. The predicted octanol–water partition coefficient (Wildman–Crippen LogP) is 4.30. The molecule has 2 heterocycles. The summed E-state index contributed by atoms with van der Waals surface area (Å²) in [6.07, 6.45) is 1.64. The summed E-state index contributed by atoms with van der Waals surface area (Å²) in [4.78, 5) is 17.4. The van der Waals surface area contributed by atoms with Gasteiger partial charge in [-0.05, 0) is 81.3 Å². The Labute approximate surface area is 196 Å². The fourth-order valence-corrected chi connectivity index (χ4v) is 4.73. The molecule has 172 valence electrons. The fraction of sp³-hybridized carbons (Fsp3) is 0.407. The molecule has 0 bridgehead atoms. The summed E-state index contributed by atoms with van der Waals surface area (Å²) in [6, 6.07) is 10.5. The zero-order valence-electron chi connectivity index (χ0n) is 20.4. The van der Waals surface area contributed by atoms with Gasteiger partial charge in [0.15, 0.2) is 6.10 Å². The molecule has 5 nitrogen and oxygen atoms in total. The van der Waals surface area contributed by atoms with E-state index in [1.807, 2.05) is 39.8 Å². The van der Waals surface area contributed by atoms with Gasteiger partial charge in [0.2, 0.25) is 0 Å². The number of hydrogen-bond donors (Lipinski definition) is 1. The molecule has 0 aliphatic carbocycles. The normalized spacial score (nSPS) is 14.6. The molecule has 0 spiro atoms. The van der Waals surface area contributed by atoms with Crippen LogP contribution in [-0.2, 0) is 22.4 Å². The number of fused-ring (bicyclic) bond motifs is 2. The Morgan fingerprint density at radius 2 is 2.03 bits per heavy atom. The maximum atomic E-state index is 12.5. The monoisotopic (exact) mass is 445 g/mol. The second-order valence-corrected chi connectivity index (χ2v) is 9.88. The van der Waals surface area contributed by atoms with Crippen molar-refractivity contribution in [1.82, 2.24) is 4.98 Å². The van der Waals surface area contributed by atoms with E-state index in [9.17, 15) is 9.90 Å². The number of rotatable bonds is 5. The van der Waals surface area contributed by atoms with Crippen LogP contribution < -0.4 is 10.2 Å². The lowest BCUT2D eigenvalue weighted by Crippen LogP contribution is -2.28. The van der Waals surface area contributed by atoms with Gasteiger partial charge in [-0.1, -0.05) is 30.6 Å². The van der Waals surface area contributed by atoms with Crippen molar-refractivity contribution < 1.29 is 19.4 Å². The molecule has 6 heteroatoms. The SMILES string of the molecule is Bc1cc(CC)c2nc(C)c([C@H](OC(C)(C)C)C(=O)O)c(-c3ccc4c(c3)CCCO4)c2c1. The van der Waals surface area contributed by atoms with E-state index in [1.54, 1.807) is 0 Å². The van der Waals surface area contributed by atoms with Crippen molar-refractivity contribution in [3.05, 3.63) is 52.7 Å². The summed E-state index contributed by atoms with van der Waals surface area (Å²) in [5, 5.41) is 11.2. The largest absolute Gasteiger partial charge is 0.493 e. The summed E-state index contributed by atoms with van der Waals surface area (Å²) in [5.74, 6) is -0.104. The topological polar surface area (TPSA) is 68.7 Å². The van der Waals surface area contributed by atoms with E-state index in [4.69, 9.17) is 14.5 Å². The number of ether oxygens (including phenoxy) is 2.